The van der Waals surface area contributed by atoms with Crippen LogP contribution in [0, 0.1) is 5.92 Å². The zero-order valence-corrected chi connectivity index (χ0v) is 10.7. The molecule has 0 saturated heterocycles. The summed E-state index contributed by atoms with van der Waals surface area (Å²) in [6.07, 6.45) is 2.43. The standard InChI is InChI=1S/C13H15NO3S/c15-12(14-7-9-4-5-9)8-18-11-3-1-2-10(6-11)13(16)17/h1-3,6,9H,4-5,7-8H2,(H,14,15)(H,16,17). The molecule has 1 amide bonds. The highest BCUT2D eigenvalue weighted by Crippen LogP contribution is 2.27. The molecule has 2 rings (SSSR count). The summed E-state index contributed by atoms with van der Waals surface area (Å²) in [7, 11) is 0. The number of hydrogen-bond acceptors (Lipinski definition) is 3. The summed E-state index contributed by atoms with van der Waals surface area (Å²) in [4.78, 5) is 23.1. The fourth-order valence-electron chi connectivity index (χ4n) is 1.50. The Kier molecular flexibility index (Phi) is 4.25. The number of thioether (sulfide) groups is 1. The lowest BCUT2D eigenvalue weighted by molar-refractivity contribution is -0.118. The van der Waals surface area contributed by atoms with Crippen molar-refractivity contribution in [2.24, 2.45) is 5.92 Å². The van der Waals surface area contributed by atoms with Gasteiger partial charge in [0.25, 0.3) is 0 Å². The van der Waals surface area contributed by atoms with Gasteiger partial charge in [-0.2, -0.15) is 0 Å². The van der Waals surface area contributed by atoms with Crippen LogP contribution in [0.5, 0.6) is 0 Å². The third-order valence-electron chi connectivity index (χ3n) is 2.74. The van der Waals surface area contributed by atoms with Crippen molar-refractivity contribution >= 4 is 23.6 Å². The van der Waals surface area contributed by atoms with Crippen molar-refractivity contribution in [1.82, 2.24) is 5.32 Å². The second-order valence-electron chi connectivity index (χ2n) is 4.37. The lowest BCUT2D eigenvalue weighted by atomic mass is 10.2. The van der Waals surface area contributed by atoms with E-state index in [4.69, 9.17) is 5.11 Å². The number of carboxylic acid groups (broad SMARTS) is 1. The molecular formula is C13H15NO3S. The highest BCUT2D eigenvalue weighted by molar-refractivity contribution is 8.00. The molecule has 5 heteroatoms. The summed E-state index contributed by atoms with van der Waals surface area (Å²) in [6, 6.07) is 6.62. The minimum atomic E-state index is -0.948. The molecule has 2 N–H and O–H groups in total. The smallest absolute Gasteiger partial charge is 0.335 e. The lowest BCUT2D eigenvalue weighted by Crippen LogP contribution is -2.27. The first-order chi connectivity index (χ1) is 8.65. The van der Waals surface area contributed by atoms with E-state index < -0.39 is 5.97 Å². The van der Waals surface area contributed by atoms with Crippen LogP contribution in [0.3, 0.4) is 0 Å². The number of carboxylic acids is 1. The molecule has 0 heterocycles. The predicted molar refractivity (Wildman–Crippen MR) is 69.9 cm³/mol. The second kappa shape index (κ2) is 5.91. The first kappa shape index (κ1) is 13.0. The van der Waals surface area contributed by atoms with Crippen molar-refractivity contribution in [2.75, 3.05) is 12.3 Å². The van der Waals surface area contributed by atoms with Crippen molar-refractivity contribution in [3.05, 3.63) is 29.8 Å². The van der Waals surface area contributed by atoms with Crippen molar-refractivity contribution in [3.63, 3.8) is 0 Å². The molecule has 1 aliphatic carbocycles. The van der Waals surface area contributed by atoms with Gasteiger partial charge in [0, 0.05) is 11.4 Å². The van der Waals surface area contributed by atoms with Gasteiger partial charge in [-0.15, -0.1) is 11.8 Å². The quantitative estimate of drug-likeness (QED) is 0.772. The van der Waals surface area contributed by atoms with Crippen molar-refractivity contribution in [1.29, 1.82) is 0 Å². The number of nitrogens with one attached hydrogen (secondary N) is 1. The maximum Gasteiger partial charge on any atom is 0.335 e. The Balaban J connectivity index is 1.79. The maximum absolute atomic E-state index is 11.5. The molecular weight excluding hydrogens is 250 g/mol. The SMILES string of the molecule is O=C(CSc1cccc(C(=O)O)c1)NCC1CC1. The van der Waals surface area contributed by atoms with E-state index in [9.17, 15) is 9.59 Å². The number of benzene rings is 1. The molecule has 1 aromatic carbocycles. The summed E-state index contributed by atoms with van der Waals surface area (Å²) < 4.78 is 0. The van der Waals surface area contributed by atoms with E-state index in [1.54, 1.807) is 18.2 Å². The molecule has 4 nitrogen and oxygen atoms in total. The van der Waals surface area contributed by atoms with Gasteiger partial charge in [-0.05, 0) is 37.0 Å². The third kappa shape index (κ3) is 4.07. The highest BCUT2D eigenvalue weighted by atomic mass is 32.2. The molecule has 0 aliphatic heterocycles. The van der Waals surface area contributed by atoms with E-state index in [1.165, 1.54) is 24.6 Å². The summed E-state index contributed by atoms with van der Waals surface area (Å²) in [5.74, 6) is 0.0630. The average Bonchev–Trinajstić information content (AvgIpc) is 3.18. The zero-order chi connectivity index (χ0) is 13.0. The minimum absolute atomic E-state index is 0.00706. The number of rotatable bonds is 6. The second-order valence-corrected chi connectivity index (χ2v) is 5.42. The first-order valence-electron chi connectivity index (χ1n) is 5.88. The van der Waals surface area contributed by atoms with Gasteiger partial charge in [0.2, 0.25) is 5.91 Å². The molecule has 0 radical (unpaired) electrons. The summed E-state index contributed by atoms with van der Waals surface area (Å²) in [6.45, 7) is 0.772. The Morgan fingerprint density at radius 3 is 2.83 bits per heavy atom. The highest BCUT2D eigenvalue weighted by Gasteiger charge is 2.21. The molecule has 1 aromatic rings. The number of amides is 1. The number of carbonyl (C=O) groups excluding carboxylic acids is 1. The summed E-state index contributed by atoms with van der Waals surface area (Å²) in [5, 5.41) is 11.7. The Hall–Kier alpha value is -1.49. The van der Waals surface area contributed by atoms with Crippen LogP contribution in [-0.2, 0) is 4.79 Å². The number of carbonyl (C=O) groups is 2. The molecule has 96 valence electrons. The minimum Gasteiger partial charge on any atom is -0.478 e. The molecule has 1 fully saturated rings. The Morgan fingerprint density at radius 1 is 1.39 bits per heavy atom. The van der Waals surface area contributed by atoms with Crippen LogP contribution in [0.4, 0.5) is 0 Å². The van der Waals surface area contributed by atoms with Crippen LogP contribution >= 0.6 is 11.8 Å². The van der Waals surface area contributed by atoms with Gasteiger partial charge in [-0.25, -0.2) is 4.79 Å². The number of hydrogen-bond donors (Lipinski definition) is 2. The normalized spacial score (nSPS) is 14.2. The average molecular weight is 265 g/mol. The van der Waals surface area contributed by atoms with E-state index >= 15 is 0 Å². The van der Waals surface area contributed by atoms with Crippen molar-refractivity contribution < 1.29 is 14.7 Å². The van der Waals surface area contributed by atoms with Crippen LogP contribution in [-0.4, -0.2) is 29.3 Å². The van der Waals surface area contributed by atoms with Gasteiger partial charge in [-0.3, -0.25) is 4.79 Å². The fourth-order valence-corrected chi connectivity index (χ4v) is 2.28. The van der Waals surface area contributed by atoms with Crippen molar-refractivity contribution in [2.45, 2.75) is 17.7 Å². The predicted octanol–water partition coefficient (Wildman–Crippen LogP) is 2.00. The van der Waals surface area contributed by atoms with E-state index in [0.717, 1.165) is 11.4 Å². The van der Waals surface area contributed by atoms with Gasteiger partial charge in [-0.1, -0.05) is 6.07 Å². The first-order valence-corrected chi connectivity index (χ1v) is 6.86. The van der Waals surface area contributed by atoms with Crippen molar-refractivity contribution in [3.8, 4) is 0 Å². The molecule has 1 saturated carbocycles. The molecule has 0 unspecified atom stereocenters. The monoisotopic (exact) mass is 265 g/mol. The Morgan fingerprint density at radius 2 is 2.17 bits per heavy atom. The van der Waals surface area contributed by atoms with Crippen LogP contribution in [0.1, 0.15) is 23.2 Å². The van der Waals surface area contributed by atoms with Crippen LogP contribution in [0.15, 0.2) is 29.2 Å². The van der Waals surface area contributed by atoms with E-state index in [1.807, 2.05) is 6.07 Å². The molecule has 0 spiro atoms. The van der Waals surface area contributed by atoms with E-state index in [0.29, 0.717) is 11.7 Å². The number of aromatic carboxylic acids is 1. The van der Waals surface area contributed by atoms with Gasteiger partial charge >= 0.3 is 5.97 Å². The third-order valence-corrected chi connectivity index (χ3v) is 3.73. The molecule has 0 aromatic heterocycles. The van der Waals surface area contributed by atoms with Gasteiger partial charge in [0.15, 0.2) is 0 Å². The molecule has 18 heavy (non-hydrogen) atoms. The Bertz CT molecular complexity index is 457. The topological polar surface area (TPSA) is 66.4 Å². The molecule has 0 atom stereocenters. The Labute approximate surface area is 110 Å². The molecule has 1 aliphatic rings. The van der Waals surface area contributed by atoms with Crippen LogP contribution in [0.25, 0.3) is 0 Å². The van der Waals surface area contributed by atoms with Gasteiger partial charge < -0.3 is 10.4 Å². The van der Waals surface area contributed by atoms with Gasteiger partial charge in [0.05, 0.1) is 11.3 Å². The van der Waals surface area contributed by atoms with Crippen LogP contribution < -0.4 is 5.32 Å². The summed E-state index contributed by atoms with van der Waals surface area (Å²) in [5.41, 5.74) is 0.249. The largest absolute Gasteiger partial charge is 0.478 e. The summed E-state index contributed by atoms with van der Waals surface area (Å²) >= 11 is 1.36. The van der Waals surface area contributed by atoms with Crippen LogP contribution in [0.2, 0.25) is 0 Å². The molecule has 0 bridgehead atoms. The lowest BCUT2D eigenvalue weighted by Gasteiger charge is -2.04. The zero-order valence-electron chi connectivity index (χ0n) is 9.89. The van der Waals surface area contributed by atoms with E-state index in [2.05, 4.69) is 5.32 Å². The van der Waals surface area contributed by atoms with E-state index in [-0.39, 0.29) is 11.5 Å². The maximum atomic E-state index is 11.5. The fraction of sp³-hybridized carbons (Fsp3) is 0.385. The van der Waals surface area contributed by atoms with Gasteiger partial charge in [0.1, 0.15) is 0 Å².